The molecule has 0 saturated carbocycles. The Morgan fingerprint density at radius 2 is 2.00 bits per heavy atom. The number of halogens is 2. The highest BCUT2D eigenvalue weighted by atomic mass is 32.1. The maximum atomic E-state index is 13.8. The normalized spacial score (nSPS) is 15.2. The van der Waals surface area contributed by atoms with Crippen LogP contribution in [0.5, 0.6) is 0 Å². The molecule has 1 N–H and O–H groups in total. The Hall–Kier alpha value is -2.29. The number of rotatable bonds is 6. The highest BCUT2D eigenvalue weighted by molar-refractivity contribution is 7.09. The standard InChI is InChI=1S/C19H26F2N6S/c1-3-17-24-19(28-25-17)27-11-9-26(10-12-27)18(22-4-2)23-8-7-14-5-6-15(20)13-16(14)21/h5-6,13H,3-4,7-12H2,1-2H3,(H,22,23). The fraction of sp³-hybridized carbons (Fsp3) is 0.526. The SMILES string of the molecule is CCNC(=NCCc1ccc(F)cc1F)N1CCN(c2nc(CC)ns2)CC1. The van der Waals surface area contributed by atoms with E-state index in [1.807, 2.05) is 6.92 Å². The highest BCUT2D eigenvalue weighted by Gasteiger charge is 2.22. The van der Waals surface area contributed by atoms with E-state index >= 15 is 0 Å². The van der Waals surface area contributed by atoms with Gasteiger partial charge in [-0.25, -0.2) is 13.8 Å². The van der Waals surface area contributed by atoms with Gasteiger partial charge >= 0.3 is 0 Å². The van der Waals surface area contributed by atoms with E-state index in [1.165, 1.54) is 23.7 Å². The second kappa shape index (κ2) is 9.77. The Morgan fingerprint density at radius 3 is 2.64 bits per heavy atom. The molecule has 3 rings (SSSR count). The van der Waals surface area contributed by atoms with Crippen LogP contribution in [0.3, 0.4) is 0 Å². The van der Waals surface area contributed by atoms with Crippen molar-refractivity contribution in [2.75, 3.05) is 44.2 Å². The highest BCUT2D eigenvalue weighted by Crippen LogP contribution is 2.19. The lowest BCUT2D eigenvalue weighted by Gasteiger charge is -2.36. The van der Waals surface area contributed by atoms with Crippen molar-refractivity contribution in [1.29, 1.82) is 0 Å². The second-order valence-electron chi connectivity index (χ2n) is 6.54. The summed E-state index contributed by atoms with van der Waals surface area (Å²) < 4.78 is 31.2. The van der Waals surface area contributed by atoms with E-state index in [-0.39, 0.29) is 0 Å². The molecule has 0 amide bonds. The van der Waals surface area contributed by atoms with E-state index in [0.717, 1.165) is 62.1 Å². The molecule has 0 bridgehead atoms. The van der Waals surface area contributed by atoms with Crippen molar-refractivity contribution in [3.8, 4) is 0 Å². The van der Waals surface area contributed by atoms with Crippen molar-refractivity contribution >= 4 is 22.6 Å². The fourth-order valence-corrected chi connectivity index (χ4v) is 3.86. The van der Waals surface area contributed by atoms with Crippen LogP contribution >= 0.6 is 11.5 Å². The van der Waals surface area contributed by atoms with Gasteiger partial charge in [-0.05, 0) is 25.0 Å². The molecule has 0 aliphatic carbocycles. The van der Waals surface area contributed by atoms with Crippen LogP contribution in [-0.2, 0) is 12.8 Å². The summed E-state index contributed by atoms with van der Waals surface area (Å²) >= 11 is 1.45. The molecule has 1 aromatic heterocycles. The maximum Gasteiger partial charge on any atom is 0.205 e. The summed E-state index contributed by atoms with van der Waals surface area (Å²) in [6.07, 6.45) is 1.29. The summed E-state index contributed by atoms with van der Waals surface area (Å²) in [7, 11) is 0. The smallest absolute Gasteiger partial charge is 0.205 e. The topological polar surface area (TPSA) is 56.7 Å². The van der Waals surface area contributed by atoms with E-state index in [0.29, 0.717) is 18.5 Å². The first-order valence-electron chi connectivity index (χ1n) is 9.65. The molecule has 1 aliphatic rings. The van der Waals surface area contributed by atoms with Crippen LogP contribution in [0.4, 0.5) is 13.9 Å². The van der Waals surface area contributed by atoms with E-state index in [4.69, 9.17) is 0 Å². The zero-order valence-corrected chi connectivity index (χ0v) is 17.1. The monoisotopic (exact) mass is 408 g/mol. The zero-order chi connectivity index (χ0) is 19.9. The van der Waals surface area contributed by atoms with E-state index < -0.39 is 11.6 Å². The van der Waals surface area contributed by atoms with Gasteiger partial charge in [0.25, 0.3) is 0 Å². The van der Waals surface area contributed by atoms with Crippen LogP contribution in [0, 0.1) is 11.6 Å². The number of aryl methyl sites for hydroxylation is 1. The minimum Gasteiger partial charge on any atom is -0.357 e. The number of piperazine rings is 1. The van der Waals surface area contributed by atoms with E-state index in [2.05, 4.69) is 36.4 Å². The van der Waals surface area contributed by atoms with E-state index in [9.17, 15) is 8.78 Å². The molecule has 9 heteroatoms. The Balaban J connectivity index is 1.57. The van der Waals surface area contributed by atoms with Crippen molar-refractivity contribution in [2.45, 2.75) is 26.7 Å². The summed E-state index contributed by atoms with van der Waals surface area (Å²) in [5.74, 6) is 0.649. The van der Waals surface area contributed by atoms with Crippen LogP contribution in [0.25, 0.3) is 0 Å². The Labute approximate surface area is 168 Å². The quantitative estimate of drug-likeness (QED) is 0.588. The Bertz CT molecular complexity index is 801. The van der Waals surface area contributed by atoms with Crippen LogP contribution in [0.15, 0.2) is 23.2 Å². The fourth-order valence-electron chi connectivity index (χ4n) is 3.06. The number of nitrogens with zero attached hydrogens (tertiary/aromatic N) is 5. The molecule has 1 fully saturated rings. The first kappa shape index (κ1) is 20.4. The van der Waals surface area contributed by atoms with Crippen molar-refractivity contribution in [1.82, 2.24) is 19.6 Å². The number of nitrogens with one attached hydrogen (secondary N) is 1. The predicted molar refractivity (Wildman–Crippen MR) is 109 cm³/mol. The Kier molecular flexibility index (Phi) is 7.13. The number of aromatic nitrogens is 2. The minimum atomic E-state index is -0.558. The molecule has 2 aromatic rings. The third kappa shape index (κ3) is 5.15. The average Bonchev–Trinajstić information content (AvgIpc) is 3.18. The Morgan fingerprint density at radius 1 is 1.21 bits per heavy atom. The first-order valence-corrected chi connectivity index (χ1v) is 10.4. The first-order chi connectivity index (χ1) is 13.6. The van der Waals surface area contributed by atoms with Gasteiger partial charge in [0.2, 0.25) is 5.13 Å². The molecule has 0 radical (unpaired) electrons. The molecular weight excluding hydrogens is 382 g/mol. The summed E-state index contributed by atoms with van der Waals surface area (Å²) in [5, 5.41) is 4.29. The van der Waals surface area contributed by atoms with Gasteiger partial charge in [-0.1, -0.05) is 13.0 Å². The number of aliphatic imine (C=N–C) groups is 1. The lowest BCUT2D eigenvalue weighted by atomic mass is 10.1. The minimum absolute atomic E-state index is 0.436. The van der Waals surface area contributed by atoms with Gasteiger partial charge in [-0.2, -0.15) is 4.37 Å². The molecule has 2 heterocycles. The molecule has 1 saturated heterocycles. The van der Waals surface area contributed by atoms with Gasteiger partial charge in [0.15, 0.2) is 5.96 Å². The number of hydrogen-bond acceptors (Lipinski definition) is 5. The van der Waals surface area contributed by atoms with Gasteiger partial charge in [-0.15, -0.1) is 0 Å². The maximum absolute atomic E-state index is 13.8. The summed E-state index contributed by atoms with van der Waals surface area (Å²) in [5.41, 5.74) is 0.480. The zero-order valence-electron chi connectivity index (χ0n) is 16.3. The van der Waals surface area contributed by atoms with Gasteiger partial charge in [0, 0.05) is 63.3 Å². The molecule has 0 atom stereocenters. The largest absolute Gasteiger partial charge is 0.357 e. The second-order valence-corrected chi connectivity index (χ2v) is 7.27. The third-order valence-electron chi connectivity index (χ3n) is 4.62. The van der Waals surface area contributed by atoms with Gasteiger partial charge in [0.1, 0.15) is 17.5 Å². The summed E-state index contributed by atoms with van der Waals surface area (Å²) in [4.78, 5) is 13.7. The number of hydrogen-bond donors (Lipinski definition) is 1. The van der Waals surface area contributed by atoms with Crippen LogP contribution in [0.2, 0.25) is 0 Å². The van der Waals surface area contributed by atoms with Crippen molar-refractivity contribution in [3.63, 3.8) is 0 Å². The van der Waals surface area contributed by atoms with E-state index in [1.54, 1.807) is 0 Å². The van der Waals surface area contributed by atoms with Crippen LogP contribution in [-0.4, -0.2) is 59.5 Å². The van der Waals surface area contributed by atoms with Gasteiger partial charge in [0.05, 0.1) is 0 Å². The molecule has 28 heavy (non-hydrogen) atoms. The van der Waals surface area contributed by atoms with Crippen LogP contribution in [0.1, 0.15) is 25.2 Å². The number of benzene rings is 1. The van der Waals surface area contributed by atoms with Crippen molar-refractivity contribution in [3.05, 3.63) is 41.2 Å². The summed E-state index contributed by atoms with van der Waals surface area (Å²) in [6.45, 7) is 8.67. The molecule has 1 aliphatic heterocycles. The summed E-state index contributed by atoms with van der Waals surface area (Å²) in [6, 6.07) is 3.68. The lowest BCUT2D eigenvalue weighted by Crippen LogP contribution is -2.52. The molecule has 152 valence electrons. The van der Waals surface area contributed by atoms with Gasteiger partial charge in [-0.3, -0.25) is 4.99 Å². The third-order valence-corrected chi connectivity index (χ3v) is 5.43. The van der Waals surface area contributed by atoms with Crippen molar-refractivity contribution in [2.24, 2.45) is 4.99 Å². The number of anilines is 1. The molecule has 0 unspecified atom stereocenters. The molecule has 6 nitrogen and oxygen atoms in total. The molecular formula is C19H26F2N6S. The lowest BCUT2D eigenvalue weighted by molar-refractivity contribution is 0.372. The van der Waals surface area contributed by atoms with Crippen LogP contribution < -0.4 is 10.2 Å². The molecule has 1 aromatic carbocycles. The van der Waals surface area contributed by atoms with Crippen molar-refractivity contribution < 1.29 is 8.78 Å². The molecule has 0 spiro atoms. The number of guanidine groups is 1. The average molecular weight is 409 g/mol. The van der Waals surface area contributed by atoms with Gasteiger partial charge < -0.3 is 15.1 Å². The predicted octanol–water partition coefficient (Wildman–Crippen LogP) is 2.71.